The zero-order chi connectivity index (χ0) is 11.5. The minimum atomic E-state index is -1.13. The van der Waals surface area contributed by atoms with Gasteiger partial charge in [0.05, 0.1) is 0 Å². The lowest BCUT2D eigenvalue weighted by Crippen LogP contribution is -2.53. The molecule has 0 amide bonds. The van der Waals surface area contributed by atoms with Crippen molar-refractivity contribution in [1.82, 2.24) is 0 Å². The van der Waals surface area contributed by atoms with Gasteiger partial charge in [-0.05, 0) is 12.8 Å². The lowest BCUT2D eigenvalue weighted by Gasteiger charge is -2.40. The van der Waals surface area contributed by atoms with Gasteiger partial charge >= 0.3 is 0 Å². The van der Waals surface area contributed by atoms with Crippen molar-refractivity contribution >= 4 is 5.78 Å². The van der Waals surface area contributed by atoms with Crippen molar-refractivity contribution < 1.29 is 14.3 Å². The van der Waals surface area contributed by atoms with Gasteiger partial charge in [-0.25, -0.2) is 0 Å². The highest BCUT2D eigenvalue weighted by Gasteiger charge is 2.53. The van der Waals surface area contributed by atoms with Gasteiger partial charge in [-0.2, -0.15) is 0 Å². The van der Waals surface area contributed by atoms with Crippen LogP contribution in [0.3, 0.4) is 0 Å². The molecular formula is C12H18O3. The van der Waals surface area contributed by atoms with Gasteiger partial charge in [0.15, 0.2) is 0 Å². The summed E-state index contributed by atoms with van der Waals surface area (Å²) in [5.74, 6) is -1.24. The van der Waals surface area contributed by atoms with Crippen molar-refractivity contribution in [3.63, 3.8) is 0 Å². The van der Waals surface area contributed by atoms with E-state index in [1.165, 1.54) is 14.2 Å². The number of unbranched alkanes of at least 4 members (excludes halogenated alkanes) is 1. The van der Waals surface area contributed by atoms with E-state index in [1.807, 2.05) is 0 Å². The number of Topliss-reactive ketones (excluding diaryl/α,β-unsaturated/α-hetero) is 1. The van der Waals surface area contributed by atoms with Crippen LogP contribution in [0.1, 0.15) is 26.2 Å². The summed E-state index contributed by atoms with van der Waals surface area (Å²) in [6.07, 6.45) is 4.51. The molecule has 15 heavy (non-hydrogen) atoms. The predicted octanol–water partition coefficient (Wildman–Crippen LogP) is 2.23. The van der Waals surface area contributed by atoms with Gasteiger partial charge in [-0.3, -0.25) is 4.79 Å². The Hall–Kier alpha value is -0.930. The Morgan fingerprint density at radius 3 is 2.40 bits per heavy atom. The van der Waals surface area contributed by atoms with E-state index in [1.54, 1.807) is 6.08 Å². The molecular weight excluding hydrogens is 192 g/mol. The quantitative estimate of drug-likeness (QED) is 0.631. The van der Waals surface area contributed by atoms with E-state index in [-0.39, 0.29) is 5.78 Å². The average Bonchev–Trinajstić information content (AvgIpc) is 2.26. The summed E-state index contributed by atoms with van der Waals surface area (Å²) in [5, 5.41) is 0. The Morgan fingerprint density at radius 1 is 1.40 bits per heavy atom. The summed E-state index contributed by atoms with van der Waals surface area (Å²) in [4.78, 5) is 11.8. The standard InChI is InChI=1S/C12H18O3/c1-5-7-8-10-9(6-2)11(13)12(10,14-3)15-4/h6H,2,5,7-8H2,1,3-4H3. The van der Waals surface area contributed by atoms with Gasteiger partial charge < -0.3 is 9.47 Å². The molecule has 0 unspecified atom stereocenters. The Kier molecular flexibility index (Phi) is 3.83. The molecule has 0 spiro atoms. The Morgan fingerprint density at radius 2 is 2.00 bits per heavy atom. The first-order chi connectivity index (χ1) is 7.17. The number of ketones is 1. The molecule has 0 radical (unpaired) electrons. The molecule has 0 saturated carbocycles. The summed E-state index contributed by atoms with van der Waals surface area (Å²) < 4.78 is 10.4. The van der Waals surface area contributed by atoms with E-state index >= 15 is 0 Å². The van der Waals surface area contributed by atoms with Crippen LogP contribution < -0.4 is 0 Å². The molecule has 1 rings (SSSR count). The van der Waals surface area contributed by atoms with Gasteiger partial charge in [0.25, 0.3) is 5.79 Å². The van der Waals surface area contributed by atoms with E-state index in [2.05, 4.69) is 13.5 Å². The van der Waals surface area contributed by atoms with E-state index < -0.39 is 5.79 Å². The smallest absolute Gasteiger partial charge is 0.257 e. The molecule has 3 heteroatoms. The second-order valence-corrected chi connectivity index (χ2v) is 3.55. The van der Waals surface area contributed by atoms with Gasteiger partial charge in [0.2, 0.25) is 5.78 Å². The summed E-state index contributed by atoms with van der Waals surface area (Å²) in [7, 11) is 2.99. The van der Waals surface area contributed by atoms with Crippen LogP contribution in [0.4, 0.5) is 0 Å². The molecule has 0 bridgehead atoms. The molecule has 0 N–H and O–H groups in total. The number of carbonyl (C=O) groups is 1. The molecule has 3 nitrogen and oxygen atoms in total. The number of ether oxygens (including phenoxy) is 2. The van der Waals surface area contributed by atoms with Crippen LogP contribution in [-0.2, 0) is 14.3 Å². The molecule has 1 aliphatic carbocycles. The maximum atomic E-state index is 11.8. The largest absolute Gasteiger partial charge is 0.343 e. The zero-order valence-corrected chi connectivity index (χ0v) is 9.63. The van der Waals surface area contributed by atoms with Crippen LogP contribution in [0.25, 0.3) is 0 Å². The third-order valence-corrected chi connectivity index (χ3v) is 2.83. The molecule has 0 atom stereocenters. The fraction of sp³-hybridized carbons (Fsp3) is 0.583. The number of allylic oxidation sites excluding steroid dienone is 1. The molecule has 0 aromatic carbocycles. The third kappa shape index (κ3) is 1.66. The van der Waals surface area contributed by atoms with E-state index in [4.69, 9.17) is 9.47 Å². The molecule has 1 aliphatic rings. The molecule has 84 valence electrons. The van der Waals surface area contributed by atoms with Crippen molar-refractivity contribution in [2.24, 2.45) is 0 Å². The highest BCUT2D eigenvalue weighted by Crippen LogP contribution is 2.41. The van der Waals surface area contributed by atoms with Gasteiger partial charge in [0.1, 0.15) is 0 Å². The highest BCUT2D eigenvalue weighted by atomic mass is 16.7. The summed E-state index contributed by atoms with van der Waals surface area (Å²) >= 11 is 0. The van der Waals surface area contributed by atoms with Gasteiger partial charge in [-0.1, -0.05) is 26.0 Å². The predicted molar refractivity (Wildman–Crippen MR) is 58.5 cm³/mol. The van der Waals surface area contributed by atoms with Crippen LogP contribution in [0.15, 0.2) is 23.8 Å². The van der Waals surface area contributed by atoms with E-state index in [0.29, 0.717) is 5.57 Å². The maximum absolute atomic E-state index is 11.8. The van der Waals surface area contributed by atoms with Crippen LogP contribution in [0, 0.1) is 0 Å². The fourth-order valence-electron chi connectivity index (χ4n) is 1.95. The molecule has 0 saturated heterocycles. The van der Waals surface area contributed by atoms with Crippen molar-refractivity contribution in [3.05, 3.63) is 23.8 Å². The van der Waals surface area contributed by atoms with Crippen molar-refractivity contribution in [1.29, 1.82) is 0 Å². The number of carbonyl (C=O) groups excluding carboxylic acids is 1. The Balaban J connectivity index is 2.97. The van der Waals surface area contributed by atoms with Crippen LogP contribution >= 0.6 is 0 Å². The normalized spacial score (nSPS) is 19.0. The summed E-state index contributed by atoms with van der Waals surface area (Å²) in [5.41, 5.74) is 1.58. The van der Waals surface area contributed by atoms with E-state index in [0.717, 1.165) is 24.8 Å². The first kappa shape index (κ1) is 12.1. The lowest BCUT2D eigenvalue weighted by atomic mass is 9.77. The number of methoxy groups -OCH3 is 2. The lowest BCUT2D eigenvalue weighted by molar-refractivity contribution is -0.196. The second kappa shape index (κ2) is 4.73. The first-order valence-corrected chi connectivity index (χ1v) is 5.19. The molecule has 0 heterocycles. The zero-order valence-electron chi connectivity index (χ0n) is 9.63. The highest BCUT2D eigenvalue weighted by molar-refractivity contribution is 6.13. The number of hydrogen-bond acceptors (Lipinski definition) is 3. The van der Waals surface area contributed by atoms with Gasteiger partial charge in [-0.15, -0.1) is 0 Å². The molecule has 0 fully saturated rings. The van der Waals surface area contributed by atoms with E-state index in [9.17, 15) is 4.79 Å². The number of hydrogen-bond donors (Lipinski definition) is 0. The molecule has 0 aromatic heterocycles. The average molecular weight is 210 g/mol. The van der Waals surface area contributed by atoms with Crippen LogP contribution in [0.5, 0.6) is 0 Å². The summed E-state index contributed by atoms with van der Waals surface area (Å²) in [6.45, 7) is 5.74. The summed E-state index contributed by atoms with van der Waals surface area (Å²) in [6, 6.07) is 0. The minimum absolute atomic E-state index is 0.117. The van der Waals surface area contributed by atoms with Crippen LogP contribution in [-0.4, -0.2) is 25.8 Å². The topological polar surface area (TPSA) is 35.5 Å². The SMILES string of the molecule is C=CC1=C(CCCC)C(OC)(OC)C1=O. The molecule has 0 aliphatic heterocycles. The van der Waals surface area contributed by atoms with Crippen molar-refractivity contribution in [2.75, 3.05) is 14.2 Å². The minimum Gasteiger partial charge on any atom is -0.343 e. The fourth-order valence-corrected chi connectivity index (χ4v) is 1.95. The Labute approximate surface area is 90.8 Å². The maximum Gasteiger partial charge on any atom is 0.257 e. The first-order valence-electron chi connectivity index (χ1n) is 5.19. The second-order valence-electron chi connectivity index (χ2n) is 3.55. The van der Waals surface area contributed by atoms with Crippen molar-refractivity contribution in [2.45, 2.75) is 32.0 Å². The van der Waals surface area contributed by atoms with Gasteiger partial charge in [0, 0.05) is 25.4 Å². The number of rotatable bonds is 6. The molecule has 0 aromatic rings. The van der Waals surface area contributed by atoms with Crippen molar-refractivity contribution in [3.8, 4) is 0 Å². The third-order valence-electron chi connectivity index (χ3n) is 2.83. The monoisotopic (exact) mass is 210 g/mol. The van der Waals surface area contributed by atoms with Crippen LogP contribution in [0.2, 0.25) is 0 Å². The Bertz CT molecular complexity index is 298.